The van der Waals surface area contributed by atoms with Gasteiger partial charge in [0.05, 0.1) is 52.9 Å². The summed E-state index contributed by atoms with van der Waals surface area (Å²) in [6, 6.07) is 0. The summed E-state index contributed by atoms with van der Waals surface area (Å²) in [5.41, 5.74) is 0. The van der Waals surface area contributed by atoms with E-state index in [1.165, 1.54) is 56.1 Å². The first-order valence-corrected chi connectivity index (χ1v) is 20.9. The maximum absolute atomic E-state index is 11.1. The van der Waals surface area contributed by atoms with Crippen LogP contribution in [0.5, 0.6) is 0 Å². The molecule has 0 spiro atoms. The molecule has 8 atom stereocenters. The zero-order valence-electron chi connectivity index (χ0n) is 43.0. The van der Waals surface area contributed by atoms with E-state index in [4.69, 9.17) is 39.4 Å². The fourth-order valence-electron chi connectivity index (χ4n) is 3.03. The molecule has 0 aromatic rings. The van der Waals surface area contributed by atoms with Gasteiger partial charge in [-0.2, -0.15) is 0 Å². The Morgan fingerprint density at radius 3 is 0.562 bits per heavy atom. The minimum Gasteiger partial charge on any atom is -0.438 e. The van der Waals surface area contributed by atoms with E-state index in [9.17, 15) is 38.4 Å². The number of methoxy groups -OCH3 is 4. The van der Waals surface area contributed by atoms with Crippen molar-refractivity contribution in [3.63, 3.8) is 0 Å². The van der Waals surface area contributed by atoms with E-state index in [1.54, 1.807) is 27.7 Å². The van der Waals surface area contributed by atoms with Crippen molar-refractivity contribution in [2.75, 3.05) is 81.3 Å². The van der Waals surface area contributed by atoms with Crippen molar-refractivity contribution in [1.82, 2.24) is 0 Å². The molecule has 0 bridgehead atoms. The molecular formula is C41H76O28Y4. The first-order valence-electron chi connectivity index (χ1n) is 20.9. The normalized spacial score (nSPS) is 12.5. The van der Waals surface area contributed by atoms with E-state index in [1.807, 2.05) is 0 Å². The Morgan fingerprint density at radius 2 is 0.438 bits per heavy atom. The van der Waals surface area contributed by atoms with Crippen molar-refractivity contribution in [3.8, 4) is 0 Å². The second kappa shape index (κ2) is 61.3. The summed E-state index contributed by atoms with van der Waals surface area (Å²) in [5, 5.41) is 36.5. The Bertz CT molecular complexity index is 1190. The van der Waals surface area contributed by atoms with Crippen LogP contribution < -0.4 is 0 Å². The largest absolute Gasteiger partial charge is 0.508 e. The minimum absolute atomic E-state index is 0. The molecule has 0 aliphatic carbocycles. The summed E-state index contributed by atoms with van der Waals surface area (Å²) in [4.78, 5) is 86.7. The smallest absolute Gasteiger partial charge is 0.438 e. The van der Waals surface area contributed by atoms with Crippen molar-refractivity contribution in [2.45, 2.75) is 137 Å². The first-order chi connectivity index (χ1) is 32.0. The number of hydrogen-bond donors (Lipinski definition) is 4. The molecule has 73 heavy (non-hydrogen) atoms. The summed E-state index contributed by atoms with van der Waals surface area (Å²) in [7, 11) is 4.70. The predicted octanol–water partition coefficient (Wildman–Crippen LogP) is 4.95. The van der Waals surface area contributed by atoms with Crippen molar-refractivity contribution in [2.24, 2.45) is 0 Å². The monoisotopic (exact) mass is 1370 g/mol. The molecule has 0 amide bonds. The fourth-order valence-corrected chi connectivity index (χ4v) is 3.03. The van der Waals surface area contributed by atoms with Crippen LogP contribution in [0.4, 0.5) is 38.4 Å². The number of aliphatic hydroxyl groups is 4. The molecule has 0 aromatic carbocycles. The zero-order valence-corrected chi connectivity index (χ0v) is 54.4. The molecule has 0 rings (SSSR count). The van der Waals surface area contributed by atoms with Gasteiger partial charge in [0.15, 0.2) is 0 Å². The topological polar surface area (TPSA) is 365 Å². The minimum atomic E-state index is -0.918. The Balaban J connectivity index is -0.000000104. The number of rotatable bonds is 24. The average molecular weight is 1370 g/mol. The van der Waals surface area contributed by atoms with Crippen molar-refractivity contribution < 1.29 is 265 Å². The molecule has 0 saturated carbocycles. The van der Waals surface area contributed by atoms with E-state index < -0.39 is 98.1 Å². The Kier molecular flexibility index (Phi) is 76.3. The van der Waals surface area contributed by atoms with Gasteiger partial charge in [-0.3, -0.25) is 0 Å². The number of carbonyl (C=O) groups is 8. The van der Waals surface area contributed by atoms with Gasteiger partial charge in [-0.1, -0.05) is 35.1 Å². The van der Waals surface area contributed by atoms with Crippen LogP contribution in [0.2, 0.25) is 0 Å². The molecule has 0 heterocycles. The molecule has 8 unspecified atom stereocenters. The van der Waals surface area contributed by atoms with Crippen molar-refractivity contribution in [3.05, 3.63) is 0 Å². The van der Waals surface area contributed by atoms with Gasteiger partial charge in [0.1, 0.15) is 77.3 Å². The van der Waals surface area contributed by atoms with Gasteiger partial charge in [-0.15, -0.1) is 0 Å². The second-order valence-electron chi connectivity index (χ2n) is 13.3. The first kappa shape index (κ1) is 90.9. The summed E-state index contributed by atoms with van der Waals surface area (Å²) >= 11 is 0. The van der Waals surface area contributed by atoms with Crippen molar-refractivity contribution in [1.29, 1.82) is 0 Å². The molecular weight excluding hydrogens is 1300 g/mol. The fraction of sp³-hybridized carbons (Fsp3) is 0.805. The summed E-state index contributed by atoms with van der Waals surface area (Å²) in [5.74, 6) is 0. The quantitative estimate of drug-likeness (QED) is 0.0733. The van der Waals surface area contributed by atoms with Gasteiger partial charge in [0.25, 0.3) is 0 Å². The van der Waals surface area contributed by atoms with Crippen LogP contribution in [0.25, 0.3) is 0 Å². The van der Waals surface area contributed by atoms with E-state index in [0.29, 0.717) is 25.7 Å². The Morgan fingerprint density at radius 1 is 0.301 bits per heavy atom. The van der Waals surface area contributed by atoms with Crippen molar-refractivity contribution >= 4 is 49.2 Å². The van der Waals surface area contributed by atoms with Crippen LogP contribution in [0, 0.1) is 0 Å². The molecule has 0 aliphatic heterocycles. The van der Waals surface area contributed by atoms with Crippen LogP contribution in [0.3, 0.4) is 0 Å². The third-order valence-electron chi connectivity index (χ3n) is 7.06. The predicted molar refractivity (Wildman–Crippen MR) is 233 cm³/mol. The van der Waals surface area contributed by atoms with E-state index >= 15 is 0 Å². The standard InChI is InChI=1S/4C10H18O7.CH4.4Y/c4*1-4-8(11)6-16-10(13)17-7(2)5-15-9(12)14-3;;;;;/h4*7-8,11H,4-6H2,1-3H3;1H4;;;;. The molecule has 420 valence electrons. The van der Waals surface area contributed by atoms with E-state index in [0.717, 1.165) is 0 Å². The SMILES string of the molecule is C.CCC(O)COC(=O)OC(C)COC(=O)OC.CCC(O)COC(=O)OC(C)COC(=O)OC.CCC(O)COC(=O)OC(C)COC(=O)OC.CCC(O)COC(=O)OC(C)COC(=O)OC.[Y].[Y].[Y].[Y]. The maximum atomic E-state index is 11.1. The molecule has 0 fully saturated rings. The van der Waals surface area contributed by atoms with E-state index in [-0.39, 0.29) is 191 Å². The van der Waals surface area contributed by atoms with Gasteiger partial charge >= 0.3 is 49.2 Å². The maximum Gasteiger partial charge on any atom is 0.508 e. The van der Waals surface area contributed by atoms with Crippen LogP contribution in [-0.4, -0.2) is 200 Å². The number of aliphatic hydroxyl groups excluding tert-OH is 4. The number of carbonyl (C=O) groups excluding carboxylic acids is 8. The summed E-state index contributed by atoms with van der Waals surface area (Å²) in [6.07, 6.45) is -10.6. The van der Waals surface area contributed by atoms with Gasteiger partial charge in [0, 0.05) is 131 Å². The molecule has 4 N–H and O–H groups in total. The van der Waals surface area contributed by atoms with Crippen LogP contribution in [-0.2, 0) is 207 Å². The second-order valence-corrected chi connectivity index (χ2v) is 13.3. The average Bonchev–Trinajstić information content (AvgIpc) is 3.32. The van der Waals surface area contributed by atoms with Crippen LogP contribution in [0.1, 0.15) is 88.5 Å². The van der Waals surface area contributed by atoms with Gasteiger partial charge in [-0.25, -0.2) is 38.4 Å². The Hall–Kier alpha value is -1.58. The van der Waals surface area contributed by atoms with Crippen LogP contribution >= 0.6 is 0 Å². The molecule has 28 nitrogen and oxygen atoms in total. The van der Waals surface area contributed by atoms with Crippen LogP contribution in [0.15, 0.2) is 0 Å². The Labute approximate surface area is 527 Å². The van der Waals surface area contributed by atoms with E-state index in [2.05, 4.69) is 56.8 Å². The molecule has 0 aliphatic rings. The molecule has 32 heteroatoms. The summed E-state index contributed by atoms with van der Waals surface area (Å²) in [6.45, 7) is 12.1. The van der Waals surface area contributed by atoms with Gasteiger partial charge in [-0.05, 0) is 53.4 Å². The zero-order chi connectivity index (χ0) is 53.0. The van der Waals surface area contributed by atoms with Gasteiger partial charge in [0.2, 0.25) is 0 Å². The third-order valence-corrected chi connectivity index (χ3v) is 7.06. The number of hydrogen-bond acceptors (Lipinski definition) is 28. The third kappa shape index (κ3) is 66.5. The summed E-state index contributed by atoms with van der Waals surface area (Å²) < 4.78 is 72.6. The number of ether oxygens (including phenoxy) is 16. The van der Waals surface area contributed by atoms with Gasteiger partial charge < -0.3 is 96.2 Å². The molecule has 4 radical (unpaired) electrons. The molecule has 0 saturated heterocycles. The molecule has 0 aromatic heterocycles.